The topological polar surface area (TPSA) is 76.8 Å². The molecule has 0 radical (unpaired) electrons. The number of carbonyl (C=O) groups excluding carboxylic acids is 2. The molecule has 0 N–H and O–H groups in total. The van der Waals surface area contributed by atoms with E-state index in [1.165, 1.54) is 6.07 Å². The molecule has 0 atom stereocenters. The van der Waals surface area contributed by atoms with E-state index in [1.807, 2.05) is 6.92 Å². The number of amides is 1. The van der Waals surface area contributed by atoms with Crippen LogP contribution in [0.25, 0.3) is 5.65 Å². The van der Waals surface area contributed by atoms with E-state index in [2.05, 4.69) is 10.1 Å². The van der Waals surface area contributed by atoms with Gasteiger partial charge in [0.25, 0.3) is 12.3 Å². The predicted octanol–water partition coefficient (Wildman–Crippen LogP) is 4.29. The Morgan fingerprint density at radius 1 is 1.24 bits per heavy atom. The van der Waals surface area contributed by atoms with Gasteiger partial charge < -0.3 is 9.64 Å². The first-order valence-corrected chi connectivity index (χ1v) is 10.6. The van der Waals surface area contributed by atoms with Crippen LogP contribution in [-0.4, -0.2) is 44.2 Å². The van der Waals surface area contributed by atoms with E-state index >= 15 is 0 Å². The van der Waals surface area contributed by atoms with Gasteiger partial charge in [0.05, 0.1) is 47.4 Å². The number of carbonyl (C=O) groups is 2. The molecule has 1 amide bonds. The zero-order valence-electron chi connectivity index (χ0n) is 17.9. The summed E-state index contributed by atoms with van der Waals surface area (Å²) in [6, 6.07) is 3.52. The van der Waals surface area contributed by atoms with Gasteiger partial charge in [-0.1, -0.05) is 11.6 Å². The Morgan fingerprint density at radius 3 is 2.73 bits per heavy atom. The Bertz CT molecular complexity index is 1260. The maximum Gasteiger partial charge on any atom is 0.295 e. The van der Waals surface area contributed by atoms with Gasteiger partial charge in [0, 0.05) is 18.1 Å². The van der Waals surface area contributed by atoms with Crippen molar-refractivity contribution in [2.24, 2.45) is 0 Å². The molecule has 3 aromatic rings. The fourth-order valence-corrected chi connectivity index (χ4v) is 3.88. The van der Waals surface area contributed by atoms with E-state index in [-0.39, 0.29) is 43.9 Å². The number of hydrogen-bond acceptors (Lipinski definition) is 5. The standard InChI is InChI=1S/C22H20ClF3N4O3/c1-11-19(23)12(2)30-21(27-11)15-9-29(10-16(15)28-30)22(32)14-6-5-13(24)8-18(14)33-7-3-4-17(31)20(25)26/h5-6,8,20H,3-4,7,9-10H2,1-2H3. The monoisotopic (exact) mass is 480 g/mol. The minimum absolute atomic E-state index is 0.0140. The zero-order chi connectivity index (χ0) is 23.9. The molecule has 174 valence electrons. The highest BCUT2D eigenvalue weighted by molar-refractivity contribution is 6.31. The van der Waals surface area contributed by atoms with Gasteiger partial charge in [-0.05, 0) is 32.4 Å². The fourth-order valence-electron chi connectivity index (χ4n) is 3.76. The molecule has 1 aliphatic heterocycles. The number of ketones is 1. The van der Waals surface area contributed by atoms with Crippen LogP contribution in [0.2, 0.25) is 5.02 Å². The number of ether oxygens (including phenoxy) is 1. The van der Waals surface area contributed by atoms with Crippen LogP contribution in [0.4, 0.5) is 13.2 Å². The Balaban J connectivity index is 1.51. The van der Waals surface area contributed by atoms with Crippen LogP contribution in [0.5, 0.6) is 5.75 Å². The number of fused-ring (bicyclic) bond motifs is 3. The molecular weight excluding hydrogens is 461 g/mol. The molecule has 4 rings (SSSR count). The third-order valence-electron chi connectivity index (χ3n) is 5.49. The van der Waals surface area contributed by atoms with Crippen molar-refractivity contribution in [3.8, 4) is 5.75 Å². The van der Waals surface area contributed by atoms with Crippen molar-refractivity contribution in [3.63, 3.8) is 0 Å². The molecule has 0 aliphatic carbocycles. The summed E-state index contributed by atoms with van der Waals surface area (Å²) in [7, 11) is 0. The molecular formula is C22H20ClF3N4O3. The van der Waals surface area contributed by atoms with E-state index in [9.17, 15) is 22.8 Å². The summed E-state index contributed by atoms with van der Waals surface area (Å²) in [5.41, 5.74) is 3.66. The lowest BCUT2D eigenvalue weighted by Crippen LogP contribution is -2.26. The van der Waals surface area contributed by atoms with E-state index in [1.54, 1.807) is 16.3 Å². The maximum atomic E-state index is 13.8. The first-order chi connectivity index (χ1) is 15.7. The van der Waals surface area contributed by atoms with Gasteiger partial charge >= 0.3 is 0 Å². The number of rotatable bonds is 7. The second kappa shape index (κ2) is 9.01. The van der Waals surface area contributed by atoms with Crippen molar-refractivity contribution in [1.29, 1.82) is 0 Å². The molecule has 1 aliphatic rings. The third kappa shape index (κ3) is 4.39. The lowest BCUT2D eigenvalue weighted by atomic mass is 10.1. The number of aryl methyl sites for hydroxylation is 2. The molecule has 2 aromatic heterocycles. The van der Waals surface area contributed by atoms with Crippen molar-refractivity contribution < 1.29 is 27.5 Å². The summed E-state index contributed by atoms with van der Waals surface area (Å²) in [5, 5.41) is 5.07. The maximum absolute atomic E-state index is 13.8. The van der Waals surface area contributed by atoms with E-state index in [0.717, 1.165) is 23.4 Å². The molecule has 0 bridgehead atoms. The van der Waals surface area contributed by atoms with Crippen molar-refractivity contribution in [2.45, 2.75) is 46.2 Å². The largest absolute Gasteiger partial charge is 0.493 e. The van der Waals surface area contributed by atoms with Crippen LogP contribution >= 0.6 is 11.6 Å². The SMILES string of the molecule is Cc1nc2c3c(nn2c(C)c1Cl)CN(C(=O)c1ccc(F)cc1OCCCC(=O)C(F)F)C3. The smallest absolute Gasteiger partial charge is 0.295 e. The van der Waals surface area contributed by atoms with Crippen LogP contribution in [0.1, 0.15) is 45.8 Å². The second-order valence-electron chi connectivity index (χ2n) is 7.78. The number of Topliss-reactive ketones (excluding diaryl/α,β-unsaturated/α-hetero) is 1. The van der Waals surface area contributed by atoms with Gasteiger partial charge in [0.15, 0.2) is 11.4 Å². The van der Waals surface area contributed by atoms with Crippen LogP contribution < -0.4 is 4.74 Å². The van der Waals surface area contributed by atoms with Gasteiger partial charge in [0.2, 0.25) is 0 Å². The van der Waals surface area contributed by atoms with Gasteiger partial charge in [-0.2, -0.15) is 5.10 Å². The molecule has 0 saturated carbocycles. The highest BCUT2D eigenvalue weighted by atomic mass is 35.5. The van der Waals surface area contributed by atoms with Crippen LogP contribution in [0.15, 0.2) is 18.2 Å². The summed E-state index contributed by atoms with van der Waals surface area (Å²) < 4.78 is 45.5. The Hall–Kier alpha value is -3.14. The quantitative estimate of drug-likeness (QED) is 0.471. The predicted molar refractivity (Wildman–Crippen MR) is 113 cm³/mol. The summed E-state index contributed by atoms with van der Waals surface area (Å²) in [4.78, 5) is 30.3. The highest BCUT2D eigenvalue weighted by Gasteiger charge is 2.31. The Morgan fingerprint density at radius 2 is 2.00 bits per heavy atom. The zero-order valence-corrected chi connectivity index (χ0v) is 18.6. The first-order valence-electron chi connectivity index (χ1n) is 10.2. The third-order valence-corrected chi connectivity index (χ3v) is 6.03. The van der Waals surface area contributed by atoms with Crippen molar-refractivity contribution in [1.82, 2.24) is 19.5 Å². The Labute approximate surface area is 192 Å². The van der Waals surface area contributed by atoms with Crippen molar-refractivity contribution in [2.75, 3.05) is 6.61 Å². The van der Waals surface area contributed by atoms with Gasteiger partial charge in [-0.25, -0.2) is 22.7 Å². The summed E-state index contributed by atoms with van der Waals surface area (Å²) in [6.07, 6.45) is -3.38. The number of nitrogens with zero attached hydrogens (tertiary/aromatic N) is 4. The highest BCUT2D eigenvalue weighted by Crippen LogP contribution is 2.31. The number of hydrogen-bond donors (Lipinski definition) is 0. The minimum Gasteiger partial charge on any atom is -0.493 e. The molecule has 33 heavy (non-hydrogen) atoms. The number of benzene rings is 1. The van der Waals surface area contributed by atoms with Crippen LogP contribution in [-0.2, 0) is 17.9 Å². The van der Waals surface area contributed by atoms with Crippen LogP contribution in [0, 0.1) is 19.7 Å². The van der Waals surface area contributed by atoms with E-state index in [4.69, 9.17) is 16.3 Å². The average molecular weight is 481 g/mol. The van der Waals surface area contributed by atoms with Gasteiger partial charge in [-0.15, -0.1) is 0 Å². The minimum atomic E-state index is -3.03. The number of aromatic nitrogens is 3. The summed E-state index contributed by atoms with van der Waals surface area (Å²) >= 11 is 6.27. The lowest BCUT2D eigenvalue weighted by Gasteiger charge is -2.18. The molecule has 0 fully saturated rings. The second-order valence-corrected chi connectivity index (χ2v) is 8.16. The van der Waals surface area contributed by atoms with Crippen molar-refractivity contribution in [3.05, 3.63) is 57.2 Å². The molecule has 11 heteroatoms. The van der Waals surface area contributed by atoms with E-state index < -0.39 is 23.9 Å². The average Bonchev–Trinajstić information content (AvgIpc) is 3.33. The van der Waals surface area contributed by atoms with Gasteiger partial charge in [-0.3, -0.25) is 9.59 Å². The number of halogens is 4. The Kier molecular flexibility index (Phi) is 6.29. The summed E-state index contributed by atoms with van der Waals surface area (Å²) in [5.74, 6) is -2.21. The van der Waals surface area contributed by atoms with Gasteiger partial charge in [0.1, 0.15) is 11.6 Å². The van der Waals surface area contributed by atoms with Crippen molar-refractivity contribution >= 4 is 28.9 Å². The lowest BCUT2D eigenvalue weighted by molar-refractivity contribution is -0.129. The van der Waals surface area contributed by atoms with E-state index in [0.29, 0.717) is 22.1 Å². The molecule has 3 heterocycles. The number of alkyl halides is 2. The molecule has 7 nitrogen and oxygen atoms in total. The molecule has 0 spiro atoms. The molecule has 1 aromatic carbocycles. The molecule has 0 saturated heterocycles. The first kappa shape index (κ1) is 23.0. The van der Waals surface area contributed by atoms with Crippen LogP contribution in [0.3, 0.4) is 0 Å². The normalized spacial score (nSPS) is 13.1. The summed E-state index contributed by atoms with van der Waals surface area (Å²) in [6.45, 7) is 4.01. The fraction of sp³-hybridized carbons (Fsp3) is 0.364. The molecule has 0 unspecified atom stereocenters.